The van der Waals surface area contributed by atoms with Crippen molar-refractivity contribution in [3.8, 4) is 11.5 Å². The average Bonchev–Trinajstić information content (AvgIpc) is 3.61. The number of aromatic nitrogens is 3. The number of anilines is 1. The van der Waals surface area contributed by atoms with E-state index in [-0.39, 0.29) is 12.2 Å². The van der Waals surface area contributed by atoms with Crippen molar-refractivity contribution < 1.29 is 23.8 Å². The van der Waals surface area contributed by atoms with Crippen molar-refractivity contribution in [1.29, 1.82) is 0 Å². The van der Waals surface area contributed by atoms with Crippen LogP contribution in [0.1, 0.15) is 29.0 Å². The molecule has 3 heterocycles. The highest BCUT2D eigenvalue weighted by atomic mass is 32.2. The molecule has 0 aliphatic carbocycles. The first-order valence-electron chi connectivity index (χ1n) is 15.7. The minimum Gasteiger partial charge on any atom is -0.465 e. The number of pyridine rings is 1. The fraction of sp³-hybridized carbons (Fsp3) is 0.250. The Balaban J connectivity index is 1.09. The maximum Gasteiger partial charge on any atom is 0.405 e. The number of hydrogen-bond acceptors (Lipinski definition) is 9. The monoisotopic (exact) mass is 664 g/mol. The zero-order valence-electron chi connectivity index (χ0n) is 26.1. The number of carboxylic acid groups (broad SMARTS) is 1. The van der Waals surface area contributed by atoms with E-state index in [1.54, 1.807) is 12.4 Å². The molecule has 246 valence electrons. The number of carbonyl (C=O) groups is 2. The molecule has 1 saturated heterocycles. The van der Waals surface area contributed by atoms with Gasteiger partial charge >= 0.3 is 6.09 Å². The Morgan fingerprint density at radius 2 is 1.54 bits per heavy atom. The third-order valence-electron chi connectivity index (χ3n) is 8.08. The van der Waals surface area contributed by atoms with E-state index in [2.05, 4.69) is 31.1 Å². The molecule has 0 bridgehead atoms. The van der Waals surface area contributed by atoms with Crippen LogP contribution in [0.15, 0.2) is 119 Å². The molecule has 1 fully saturated rings. The standard InChI is InChI=1S/C36H36N6O5S/c43-33(32(40-35(44)45)31(25-10-3-1-4-11-25)26-12-5-2-6-13-26)39-30-14-8-7-9-24(30)15-16-28-21-38-22-29(46-28)23-48-36-42-41-34(47-36)27-17-19-37-20-18-27/h1-14,17-20,28-29,31-32,38,40H,15-16,21-23H2,(H,39,43)(H,44,45)/t28-,29+,32+/m1/s1. The van der Waals surface area contributed by atoms with Crippen LogP contribution in [0.4, 0.5) is 10.5 Å². The molecule has 11 nitrogen and oxygen atoms in total. The highest BCUT2D eigenvalue weighted by Crippen LogP contribution is 2.30. The van der Waals surface area contributed by atoms with Gasteiger partial charge < -0.3 is 30.2 Å². The van der Waals surface area contributed by atoms with Crippen molar-refractivity contribution in [3.05, 3.63) is 126 Å². The number of ether oxygens (including phenoxy) is 1. The molecule has 0 unspecified atom stereocenters. The quantitative estimate of drug-likeness (QED) is 0.117. The second-order valence-electron chi connectivity index (χ2n) is 11.4. The van der Waals surface area contributed by atoms with Crippen LogP contribution in [0.2, 0.25) is 0 Å². The summed E-state index contributed by atoms with van der Waals surface area (Å²) < 4.78 is 12.2. The third-order valence-corrected chi connectivity index (χ3v) is 9.03. The SMILES string of the molecule is O=C(O)N[C@H](C(=O)Nc1ccccc1CC[C@@H]1CNC[C@@H](CSc2nnc(-c3ccncc3)o2)O1)C(c1ccccc1)c1ccccc1. The highest BCUT2D eigenvalue weighted by Gasteiger charge is 2.33. The second-order valence-corrected chi connectivity index (χ2v) is 12.3. The number of hydrogen-bond donors (Lipinski definition) is 4. The molecule has 0 saturated carbocycles. The molecule has 1 aliphatic heterocycles. The number of carbonyl (C=O) groups excluding carboxylic acids is 1. The van der Waals surface area contributed by atoms with E-state index < -0.39 is 24.0 Å². The van der Waals surface area contributed by atoms with Gasteiger partial charge in [-0.25, -0.2) is 4.79 Å². The summed E-state index contributed by atoms with van der Waals surface area (Å²) in [5, 5.41) is 27.5. The Kier molecular flexibility index (Phi) is 11.1. The Bertz CT molecular complexity index is 1740. The number of thioether (sulfide) groups is 1. The summed E-state index contributed by atoms with van der Waals surface area (Å²) in [4.78, 5) is 29.9. The van der Waals surface area contributed by atoms with Crippen LogP contribution in [0.3, 0.4) is 0 Å². The molecule has 48 heavy (non-hydrogen) atoms. The second kappa shape index (κ2) is 16.2. The van der Waals surface area contributed by atoms with Crippen molar-refractivity contribution in [1.82, 2.24) is 25.8 Å². The summed E-state index contributed by atoms with van der Waals surface area (Å²) in [6.07, 6.45) is 3.38. The molecule has 5 aromatic rings. The maximum absolute atomic E-state index is 13.9. The maximum atomic E-state index is 13.9. The first-order valence-corrected chi connectivity index (χ1v) is 16.7. The molecule has 0 spiro atoms. The molecular weight excluding hydrogens is 628 g/mol. The Hall–Kier alpha value is -5.04. The number of nitrogens with zero attached hydrogens (tertiary/aromatic N) is 3. The molecular formula is C36H36N6O5S. The van der Waals surface area contributed by atoms with Gasteiger partial charge in [0.25, 0.3) is 5.22 Å². The number of nitrogens with one attached hydrogen (secondary N) is 3. The Morgan fingerprint density at radius 3 is 2.25 bits per heavy atom. The number of rotatable bonds is 13. The van der Waals surface area contributed by atoms with Crippen molar-refractivity contribution in [2.75, 3.05) is 24.2 Å². The topological polar surface area (TPSA) is 151 Å². The molecule has 3 atom stereocenters. The van der Waals surface area contributed by atoms with Crippen LogP contribution >= 0.6 is 11.8 Å². The average molecular weight is 665 g/mol. The van der Waals surface area contributed by atoms with E-state index in [1.807, 2.05) is 97.1 Å². The van der Waals surface area contributed by atoms with Gasteiger partial charge in [0.05, 0.1) is 12.2 Å². The predicted octanol–water partition coefficient (Wildman–Crippen LogP) is 5.62. The van der Waals surface area contributed by atoms with Crippen LogP contribution in [0.25, 0.3) is 11.5 Å². The number of para-hydroxylation sites is 1. The zero-order valence-corrected chi connectivity index (χ0v) is 26.9. The lowest BCUT2D eigenvalue weighted by molar-refractivity contribution is -0.118. The predicted molar refractivity (Wildman–Crippen MR) is 183 cm³/mol. The Morgan fingerprint density at radius 1 is 0.875 bits per heavy atom. The molecule has 2 aromatic heterocycles. The van der Waals surface area contributed by atoms with Crippen molar-refractivity contribution in [3.63, 3.8) is 0 Å². The van der Waals surface area contributed by atoms with Gasteiger partial charge in [0.15, 0.2) is 0 Å². The summed E-state index contributed by atoms with van der Waals surface area (Å²) in [5.74, 6) is 0.118. The summed E-state index contributed by atoms with van der Waals surface area (Å²) in [6.45, 7) is 1.42. The van der Waals surface area contributed by atoms with E-state index in [0.29, 0.717) is 42.1 Å². The number of morpholine rings is 1. The van der Waals surface area contributed by atoms with Gasteiger partial charge in [0.1, 0.15) is 6.04 Å². The zero-order chi connectivity index (χ0) is 33.1. The molecule has 3 aromatic carbocycles. The van der Waals surface area contributed by atoms with Crippen LogP contribution in [0.5, 0.6) is 0 Å². The normalized spacial score (nSPS) is 16.7. The lowest BCUT2D eigenvalue weighted by Gasteiger charge is -2.31. The lowest BCUT2D eigenvalue weighted by Crippen LogP contribution is -2.47. The summed E-state index contributed by atoms with van der Waals surface area (Å²) in [7, 11) is 0. The molecule has 12 heteroatoms. The van der Waals surface area contributed by atoms with E-state index >= 15 is 0 Å². The van der Waals surface area contributed by atoms with E-state index in [1.165, 1.54) is 11.8 Å². The fourth-order valence-electron chi connectivity index (χ4n) is 5.80. The molecule has 6 rings (SSSR count). The number of benzene rings is 3. The summed E-state index contributed by atoms with van der Waals surface area (Å²) in [6, 6.07) is 29.1. The van der Waals surface area contributed by atoms with Gasteiger partial charge in [-0.1, -0.05) is 90.6 Å². The van der Waals surface area contributed by atoms with Crippen molar-refractivity contribution in [2.24, 2.45) is 0 Å². The smallest absolute Gasteiger partial charge is 0.405 e. The summed E-state index contributed by atoms with van der Waals surface area (Å²) in [5.41, 5.74) is 4.04. The van der Waals surface area contributed by atoms with E-state index in [0.717, 1.165) is 28.7 Å². The molecule has 4 N–H and O–H groups in total. The van der Waals surface area contributed by atoms with Crippen molar-refractivity contribution in [2.45, 2.75) is 42.2 Å². The largest absolute Gasteiger partial charge is 0.465 e. The highest BCUT2D eigenvalue weighted by molar-refractivity contribution is 7.99. The van der Waals surface area contributed by atoms with Gasteiger partial charge in [-0.2, -0.15) is 0 Å². The fourth-order valence-corrected chi connectivity index (χ4v) is 6.57. The number of amides is 2. The molecule has 0 radical (unpaired) electrons. The minimum atomic E-state index is -1.27. The minimum absolute atomic E-state index is 0.0369. The van der Waals surface area contributed by atoms with E-state index in [9.17, 15) is 14.7 Å². The van der Waals surface area contributed by atoms with Crippen LogP contribution in [-0.4, -0.2) is 69.4 Å². The van der Waals surface area contributed by atoms with Crippen LogP contribution < -0.4 is 16.0 Å². The molecule has 2 amide bonds. The van der Waals surface area contributed by atoms with Gasteiger partial charge in [-0.05, 0) is 47.7 Å². The Labute approximate surface area is 282 Å². The van der Waals surface area contributed by atoms with Crippen LogP contribution in [-0.2, 0) is 16.0 Å². The van der Waals surface area contributed by atoms with Gasteiger partial charge in [-0.15, -0.1) is 10.2 Å². The summed E-state index contributed by atoms with van der Waals surface area (Å²) >= 11 is 1.46. The number of aryl methyl sites for hydroxylation is 1. The third kappa shape index (κ3) is 8.65. The van der Waals surface area contributed by atoms with Gasteiger partial charge in [0.2, 0.25) is 11.8 Å². The van der Waals surface area contributed by atoms with E-state index in [4.69, 9.17) is 9.15 Å². The van der Waals surface area contributed by atoms with Gasteiger partial charge in [-0.3, -0.25) is 9.78 Å². The van der Waals surface area contributed by atoms with Crippen molar-refractivity contribution >= 4 is 29.4 Å². The molecule has 1 aliphatic rings. The first kappa shape index (κ1) is 32.9. The first-order chi connectivity index (χ1) is 23.5. The van der Waals surface area contributed by atoms with Crippen LogP contribution in [0, 0.1) is 0 Å². The lowest BCUT2D eigenvalue weighted by atomic mass is 9.84. The van der Waals surface area contributed by atoms with Gasteiger partial charge in [0, 0.05) is 48.4 Å².